The fourth-order valence-electron chi connectivity index (χ4n) is 2.77. The number of amides is 1. The summed E-state index contributed by atoms with van der Waals surface area (Å²) >= 11 is 1.68. The van der Waals surface area contributed by atoms with E-state index in [1.807, 2.05) is 49.0 Å². The van der Waals surface area contributed by atoms with E-state index in [4.69, 9.17) is 4.74 Å². The second-order valence-corrected chi connectivity index (χ2v) is 6.65. The van der Waals surface area contributed by atoms with Crippen LogP contribution in [0.1, 0.15) is 32.4 Å². The second-order valence-electron chi connectivity index (χ2n) is 5.63. The molecule has 3 rings (SSSR count). The molecule has 0 bridgehead atoms. The van der Waals surface area contributed by atoms with Gasteiger partial charge in [-0.1, -0.05) is 30.3 Å². The van der Waals surface area contributed by atoms with Gasteiger partial charge in [-0.15, -0.1) is 11.8 Å². The number of nitrogens with zero attached hydrogens (tertiary/aromatic N) is 3. The molecule has 0 N–H and O–H groups in total. The van der Waals surface area contributed by atoms with E-state index in [2.05, 4.69) is 24.2 Å². The molecule has 0 radical (unpaired) electrons. The summed E-state index contributed by atoms with van der Waals surface area (Å²) in [4.78, 5) is 15.0. The van der Waals surface area contributed by atoms with Crippen molar-refractivity contribution in [3.05, 3.63) is 53.9 Å². The van der Waals surface area contributed by atoms with Gasteiger partial charge in [0.05, 0.1) is 23.7 Å². The Morgan fingerprint density at radius 1 is 1.33 bits per heavy atom. The van der Waals surface area contributed by atoms with Crippen LogP contribution < -0.4 is 4.90 Å². The molecule has 126 valence electrons. The molecule has 0 aliphatic carbocycles. The van der Waals surface area contributed by atoms with Crippen LogP contribution in [0.2, 0.25) is 0 Å². The quantitative estimate of drug-likeness (QED) is 0.760. The summed E-state index contributed by atoms with van der Waals surface area (Å²) in [5, 5.41) is 4.48. The maximum Gasteiger partial charge on any atom is 0.419 e. The molecule has 24 heavy (non-hydrogen) atoms. The van der Waals surface area contributed by atoms with E-state index in [-0.39, 0.29) is 12.1 Å². The summed E-state index contributed by atoms with van der Waals surface area (Å²) in [6, 6.07) is 10.4. The molecule has 1 amide bonds. The number of fused-ring (bicyclic) bond motifs is 1. The van der Waals surface area contributed by atoms with E-state index < -0.39 is 0 Å². The fourth-order valence-corrected chi connectivity index (χ4v) is 3.72. The van der Waals surface area contributed by atoms with Crippen LogP contribution in [0, 0.1) is 0 Å². The van der Waals surface area contributed by atoms with Crippen LogP contribution >= 0.6 is 11.8 Å². The summed E-state index contributed by atoms with van der Waals surface area (Å²) in [6.07, 6.45) is 3.49. The summed E-state index contributed by atoms with van der Waals surface area (Å²) < 4.78 is 7.10. The summed E-state index contributed by atoms with van der Waals surface area (Å²) in [6.45, 7) is 6.15. The van der Waals surface area contributed by atoms with Gasteiger partial charge in [0.25, 0.3) is 0 Å². The smallest absolute Gasteiger partial charge is 0.419 e. The molecule has 6 heteroatoms. The van der Waals surface area contributed by atoms with Gasteiger partial charge in [-0.25, -0.2) is 14.4 Å². The Morgan fingerprint density at radius 2 is 2.08 bits per heavy atom. The van der Waals surface area contributed by atoms with Crippen LogP contribution in [0.4, 0.5) is 10.6 Å². The number of carbonyl (C=O) groups excluding carboxylic acids is 1. The predicted octanol–water partition coefficient (Wildman–Crippen LogP) is 4.62. The Kier molecular flexibility index (Phi) is 4.94. The molecule has 1 aliphatic heterocycles. The SMILES string of the molecule is CCOC(=O)N1C(C)=CC(C)n2ncc(SCc3ccccc3)c21. The molecular weight excluding hydrogens is 322 g/mol. The minimum atomic E-state index is -0.360. The zero-order valence-electron chi connectivity index (χ0n) is 14.1. The lowest BCUT2D eigenvalue weighted by Gasteiger charge is -2.30. The highest BCUT2D eigenvalue weighted by Gasteiger charge is 2.31. The number of rotatable bonds is 4. The topological polar surface area (TPSA) is 47.4 Å². The van der Waals surface area contributed by atoms with Crippen LogP contribution in [0.3, 0.4) is 0 Å². The van der Waals surface area contributed by atoms with Crippen LogP contribution in [0.5, 0.6) is 0 Å². The Hall–Kier alpha value is -2.21. The highest BCUT2D eigenvalue weighted by Crippen LogP contribution is 2.39. The summed E-state index contributed by atoms with van der Waals surface area (Å²) in [5.41, 5.74) is 2.11. The monoisotopic (exact) mass is 343 g/mol. The van der Waals surface area contributed by atoms with Gasteiger partial charge in [0.2, 0.25) is 0 Å². The van der Waals surface area contributed by atoms with Crippen molar-refractivity contribution < 1.29 is 9.53 Å². The van der Waals surface area contributed by atoms with Crippen molar-refractivity contribution in [2.24, 2.45) is 0 Å². The van der Waals surface area contributed by atoms with Gasteiger partial charge in [-0.05, 0) is 32.4 Å². The Morgan fingerprint density at radius 3 is 2.79 bits per heavy atom. The lowest BCUT2D eigenvalue weighted by Crippen LogP contribution is -2.35. The van der Waals surface area contributed by atoms with Gasteiger partial charge in [-0.3, -0.25) is 0 Å². The maximum atomic E-state index is 12.4. The number of ether oxygens (including phenoxy) is 1. The molecule has 1 aliphatic rings. The van der Waals surface area contributed by atoms with E-state index in [0.717, 1.165) is 22.2 Å². The molecule has 5 nitrogen and oxygen atoms in total. The highest BCUT2D eigenvalue weighted by atomic mass is 32.2. The van der Waals surface area contributed by atoms with Crippen molar-refractivity contribution >= 4 is 23.7 Å². The molecule has 0 spiro atoms. The first-order valence-electron chi connectivity index (χ1n) is 8.01. The Balaban J connectivity index is 1.90. The fraction of sp³-hybridized carbons (Fsp3) is 0.333. The van der Waals surface area contributed by atoms with Gasteiger partial charge in [-0.2, -0.15) is 5.10 Å². The molecule has 1 unspecified atom stereocenters. The third-order valence-electron chi connectivity index (χ3n) is 3.86. The Bertz CT molecular complexity index is 755. The molecule has 2 aromatic rings. The molecule has 1 aromatic heterocycles. The number of aromatic nitrogens is 2. The predicted molar refractivity (Wildman–Crippen MR) is 96.2 cm³/mol. The average molecular weight is 343 g/mol. The van der Waals surface area contributed by atoms with Gasteiger partial charge in [0, 0.05) is 11.4 Å². The van der Waals surface area contributed by atoms with Crippen LogP contribution in [0.25, 0.3) is 0 Å². The second kappa shape index (κ2) is 7.13. The molecule has 1 atom stereocenters. The lowest BCUT2D eigenvalue weighted by atomic mass is 10.2. The first-order chi connectivity index (χ1) is 11.6. The summed E-state index contributed by atoms with van der Waals surface area (Å²) in [5.74, 6) is 1.62. The van der Waals surface area contributed by atoms with Gasteiger partial charge in [0.1, 0.15) is 0 Å². The molecule has 1 aromatic carbocycles. The van der Waals surface area contributed by atoms with Crippen LogP contribution in [0.15, 0.2) is 53.2 Å². The van der Waals surface area contributed by atoms with E-state index in [1.165, 1.54) is 5.56 Å². The van der Waals surface area contributed by atoms with E-state index in [9.17, 15) is 4.79 Å². The zero-order chi connectivity index (χ0) is 17.1. The van der Waals surface area contributed by atoms with Gasteiger partial charge < -0.3 is 4.74 Å². The maximum absolute atomic E-state index is 12.4. The third kappa shape index (κ3) is 3.19. The number of anilines is 1. The van der Waals surface area contributed by atoms with Crippen LogP contribution in [-0.4, -0.2) is 22.5 Å². The molecule has 0 fully saturated rings. The molecule has 2 heterocycles. The Labute approximate surface area is 146 Å². The molecule has 0 saturated heterocycles. The van der Waals surface area contributed by atoms with Crippen molar-refractivity contribution in [3.63, 3.8) is 0 Å². The summed E-state index contributed by atoms with van der Waals surface area (Å²) in [7, 11) is 0. The first kappa shape index (κ1) is 16.6. The minimum Gasteiger partial charge on any atom is -0.449 e. The average Bonchev–Trinajstić information content (AvgIpc) is 2.98. The third-order valence-corrected chi connectivity index (χ3v) is 4.93. The normalized spacial score (nSPS) is 16.5. The number of hydrogen-bond acceptors (Lipinski definition) is 4. The van der Waals surface area contributed by atoms with Crippen molar-refractivity contribution in [1.29, 1.82) is 0 Å². The van der Waals surface area contributed by atoms with Gasteiger partial charge in [0.15, 0.2) is 5.82 Å². The minimum absolute atomic E-state index is 0.108. The van der Waals surface area contributed by atoms with Crippen LogP contribution in [-0.2, 0) is 10.5 Å². The number of carbonyl (C=O) groups is 1. The highest BCUT2D eigenvalue weighted by molar-refractivity contribution is 7.98. The number of allylic oxidation sites excluding steroid dienone is 2. The van der Waals surface area contributed by atoms with E-state index in [0.29, 0.717) is 6.61 Å². The standard InChI is InChI=1S/C18H21N3O2S/c1-4-23-18(22)20-13(2)10-14(3)21-17(20)16(11-19-21)24-12-15-8-6-5-7-9-15/h5-11,14H,4,12H2,1-3H3. The largest absolute Gasteiger partial charge is 0.449 e. The van der Waals surface area contributed by atoms with E-state index in [1.54, 1.807) is 16.7 Å². The van der Waals surface area contributed by atoms with Crippen molar-refractivity contribution in [2.45, 2.75) is 37.5 Å². The molecular formula is C18H21N3O2S. The number of benzene rings is 1. The van der Waals surface area contributed by atoms with Crippen molar-refractivity contribution in [2.75, 3.05) is 11.5 Å². The van der Waals surface area contributed by atoms with Gasteiger partial charge >= 0.3 is 6.09 Å². The number of hydrogen-bond donors (Lipinski definition) is 0. The van der Waals surface area contributed by atoms with Crippen molar-refractivity contribution in [3.8, 4) is 0 Å². The number of thioether (sulfide) groups is 1. The van der Waals surface area contributed by atoms with E-state index >= 15 is 0 Å². The zero-order valence-corrected chi connectivity index (χ0v) is 14.9. The molecule has 0 saturated carbocycles. The first-order valence-corrected chi connectivity index (χ1v) is 9.00. The lowest BCUT2D eigenvalue weighted by molar-refractivity contribution is 0.160. The van der Waals surface area contributed by atoms with Crippen molar-refractivity contribution in [1.82, 2.24) is 9.78 Å².